The summed E-state index contributed by atoms with van der Waals surface area (Å²) in [6.45, 7) is 2.50. The molecule has 6 heteroatoms. The summed E-state index contributed by atoms with van der Waals surface area (Å²) in [4.78, 5) is 31.0. The molecule has 4 saturated carbocycles. The quantitative estimate of drug-likeness (QED) is 0.234. The first-order chi connectivity index (χ1) is 20.7. The summed E-state index contributed by atoms with van der Waals surface area (Å²) < 4.78 is 11.5. The predicted molar refractivity (Wildman–Crippen MR) is 168 cm³/mol. The predicted octanol–water partition coefficient (Wildman–Crippen LogP) is 7.94. The van der Waals surface area contributed by atoms with Crippen LogP contribution in [0.4, 0.5) is 0 Å². The maximum atomic E-state index is 12.8. The van der Waals surface area contributed by atoms with Crippen molar-refractivity contribution in [3.63, 3.8) is 0 Å². The second-order valence-electron chi connectivity index (χ2n) is 13.5. The van der Waals surface area contributed by atoms with E-state index in [1.807, 2.05) is 0 Å². The topological polar surface area (TPSA) is 59.1 Å². The van der Waals surface area contributed by atoms with Gasteiger partial charge in [0.15, 0.2) is 0 Å². The van der Waals surface area contributed by atoms with Crippen LogP contribution in [-0.4, -0.2) is 72.2 Å². The second-order valence-corrected chi connectivity index (χ2v) is 13.5. The highest BCUT2D eigenvalue weighted by Crippen LogP contribution is 2.31. The van der Waals surface area contributed by atoms with Crippen molar-refractivity contribution >= 4 is 11.9 Å². The van der Waals surface area contributed by atoms with Gasteiger partial charge in [-0.3, -0.25) is 9.80 Å². The lowest BCUT2D eigenvalue weighted by atomic mass is 9.88. The molecule has 234 valence electrons. The fraction of sp³-hybridized carbons (Fsp3) is 0.778. The Balaban J connectivity index is 1.07. The van der Waals surface area contributed by atoms with Crippen molar-refractivity contribution in [2.24, 2.45) is 0 Å². The SMILES string of the molecule is O=C(OCCN(C1CCCCC1)C1CCCCC1)c1ccc(C(=O)OCCN(C2CCCCC2)C2CCCCC2)cc1. The molecule has 0 saturated heterocycles. The van der Waals surface area contributed by atoms with Crippen LogP contribution in [0.3, 0.4) is 0 Å². The third-order valence-electron chi connectivity index (χ3n) is 10.7. The number of carbonyl (C=O) groups excluding carboxylic acids is 2. The van der Waals surface area contributed by atoms with E-state index in [1.165, 1.54) is 128 Å². The van der Waals surface area contributed by atoms with Crippen LogP contribution < -0.4 is 0 Å². The van der Waals surface area contributed by atoms with Crippen molar-refractivity contribution in [2.45, 2.75) is 153 Å². The van der Waals surface area contributed by atoms with Crippen molar-refractivity contribution in [1.29, 1.82) is 0 Å². The molecule has 0 bridgehead atoms. The molecule has 0 N–H and O–H groups in total. The van der Waals surface area contributed by atoms with E-state index >= 15 is 0 Å². The Kier molecular flexibility index (Phi) is 12.6. The molecule has 0 radical (unpaired) electrons. The van der Waals surface area contributed by atoms with Gasteiger partial charge in [-0.25, -0.2) is 9.59 Å². The fourth-order valence-electron chi connectivity index (χ4n) is 8.37. The fourth-order valence-corrected chi connectivity index (χ4v) is 8.37. The van der Waals surface area contributed by atoms with Gasteiger partial charge in [-0.05, 0) is 75.6 Å². The minimum absolute atomic E-state index is 0.308. The molecule has 1 aromatic carbocycles. The van der Waals surface area contributed by atoms with E-state index in [1.54, 1.807) is 24.3 Å². The molecule has 0 aromatic heterocycles. The third kappa shape index (κ3) is 9.05. The van der Waals surface area contributed by atoms with Crippen molar-refractivity contribution in [1.82, 2.24) is 9.80 Å². The molecule has 6 nitrogen and oxygen atoms in total. The summed E-state index contributed by atoms with van der Waals surface area (Å²) in [5.74, 6) is -0.615. The molecule has 0 unspecified atom stereocenters. The van der Waals surface area contributed by atoms with Crippen LogP contribution >= 0.6 is 0 Å². The average molecular weight is 581 g/mol. The first kappa shape index (κ1) is 31.5. The second kappa shape index (κ2) is 16.8. The van der Waals surface area contributed by atoms with E-state index in [-0.39, 0.29) is 11.9 Å². The standard InChI is InChI=1S/C36H56N2O4/c39-35(41-27-25-37(31-13-5-1-6-14-31)32-15-7-2-8-16-32)29-21-23-30(24-22-29)36(40)42-28-26-38(33-17-9-3-10-18-33)34-19-11-4-12-20-34/h21-24,31-34H,1-20,25-28H2. The minimum Gasteiger partial charge on any atom is -0.461 e. The zero-order valence-electron chi connectivity index (χ0n) is 26.1. The number of carbonyl (C=O) groups is 2. The minimum atomic E-state index is -0.308. The van der Waals surface area contributed by atoms with Gasteiger partial charge in [0.05, 0.1) is 11.1 Å². The summed E-state index contributed by atoms with van der Waals surface area (Å²) >= 11 is 0. The van der Waals surface area contributed by atoms with Crippen LogP contribution in [0.5, 0.6) is 0 Å². The average Bonchev–Trinajstić information content (AvgIpc) is 3.06. The lowest BCUT2D eigenvalue weighted by molar-refractivity contribution is 0.0283. The van der Waals surface area contributed by atoms with Crippen LogP contribution in [0.25, 0.3) is 0 Å². The maximum Gasteiger partial charge on any atom is 0.338 e. The molecule has 0 atom stereocenters. The largest absolute Gasteiger partial charge is 0.461 e. The van der Waals surface area contributed by atoms with Gasteiger partial charge < -0.3 is 9.47 Å². The van der Waals surface area contributed by atoms with E-state index in [0.717, 1.165) is 13.1 Å². The molecule has 4 aliphatic carbocycles. The van der Waals surface area contributed by atoms with Gasteiger partial charge in [-0.2, -0.15) is 0 Å². The Morgan fingerprint density at radius 3 is 1.00 bits per heavy atom. The molecule has 1 aromatic rings. The third-order valence-corrected chi connectivity index (χ3v) is 10.7. The smallest absolute Gasteiger partial charge is 0.338 e. The Morgan fingerprint density at radius 1 is 0.476 bits per heavy atom. The van der Waals surface area contributed by atoms with Crippen LogP contribution in [0, 0.1) is 0 Å². The Morgan fingerprint density at radius 2 is 0.738 bits per heavy atom. The van der Waals surface area contributed by atoms with E-state index in [2.05, 4.69) is 9.80 Å². The maximum absolute atomic E-state index is 12.8. The van der Waals surface area contributed by atoms with E-state index in [4.69, 9.17) is 9.47 Å². The Hall–Kier alpha value is -1.92. The molecular weight excluding hydrogens is 524 g/mol. The number of benzene rings is 1. The lowest BCUT2D eigenvalue weighted by Gasteiger charge is -2.41. The summed E-state index contributed by atoms with van der Waals surface area (Å²) in [6.07, 6.45) is 26.2. The normalized spacial score (nSPS) is 22.0. The summed E-state index contributed by atoms with van der Waals surface area (Å²) in [7, 11) is 0. The van der Waals surface area contributed by atoms with Crippen LogP contribution in [-0.2, 0) is 9.47 Å². The molecule has 4 aliphatic rings. The lowest BCUT2D eigenvalue weighted by Crippen LogP contribution is -2.46. The van der Waals surface area contributed by atoms with Crippen molar-refractivity contribution < 1.29 is 19.1 Å². The van der Waals surface area contributed by atoms with E-state index in [0.29, 0.717) is 48.5 Å². The molecule has 5 rings (SSSR count). The van der Waals surface area contributed by atoms with E-state index in [9.17, 15) is 9.59 Å². The Labute approximate surface area is 254 Å². The summed E-state index contributed by atoms with van der Waals surface area (Å²) in [5, 5.41) is 0. The molecule has 42 heavy (non-hydrogen) atoms. The van der Waals surface area contributed by atoms with Gasteiger partial charge in [0, 0.05) is 37.3 Å². The van der Waals surface area contributed by atoms with Crippen LogP contribution in [0.1, 0.15) is 149 Å². The van der Waals surface area contributed by atoms with Crippen LogP contribution in [0.15, 0.2) is 24.3 Å². The summed E-state index contributed by atoms with van der Waals surface area (Å²) in [6, 6.07) is 9.38. The van der Waals surface area contributed by atoms with Crippen LogP contribution in [0.2, 0.25) is 0 Å². The highest BCUT2D eigenvalue weighted by atomic mass is 16.5. The molecule has 0 spiro atoms. The van der Waals surface area contributed by atoms with Gasteiger partial charge in [0.1, 0.15) is 13.2 Å². The van der Waals surface area contributed by atoms with Gasteiger partial charge in [-0.15, -0.1) is 0 Å². The molecule has 0 amide bonds. The summed E-state index contributed by atoms with van der Waals surface area (Å²) in [5.41, 5.74) is 0.989. The van der Waals surface area contributed by atoms with Gasteiger partial charge in [-0.1, -0.05) is 77.0 Å². The van der Waals surface area contributed by atoms with Gasteiger partial charge in [0.2, 0.25) is 0 Å². The molecule has 0 heterocycles. The highest BCUT2D eigenvalue weighted by molar-refractivity contribution is 5.93. The van der Waals surface area contributed by atoms with E-state index < -0.39 is 0 Å². The van der Waals surface area contributed by atoms with Gasteiger partial charge >= 0.3 is 11.9 Å². The Bertz CT molecular complexity index is 829. The number of ether oxygens (including phenoxy) is 2. The first-order valence-electron chi connectivity index (χ1n) is 17.6. The highest BCUT2D eigenvalue weighted by Gasteiger charge is 2.30. The number of hydrogen-bond acceptors (Lipinski definition) is 6. The number of rotatable bonds is 12. The monoisotopic (exact) mass is 580 g/mol. The molecule has 0 aliphatic heterocycles. The first-order valence-corrected chi connectivity index (χ1v) is 17.6. The van der Waals surface area contributed by atoms with Crippen molar-refractivity contribution in [2.75, 3.05) is 26.3 Å². The number of esters is 2. The molecule has 4 fully saturated rings. The zero-order valence-corrected chi connectivity index (χ0v) is 26.1. The number of hydrogen-bond donors (Lipinski definition) is 0. The van der Waals surface area contributed by atoms with Gasteiger partial charge in [0.25, 0.3) is 0 Å². The van der Waals surface area contributed by atoms with Crippen molar-refractivity contribution in [3.05, 3.63) is 35.4 Å². The van der Waals surface area contributed by atoms with Crippen molar-refractivity contribution in [3.8, 4) is 0 Å². The molecular formula is C36H56N2O4. The number of nitrogens with zero attached hydrogens (tertiary/aromatic N) is 2. The zero-order chi connectivity index (χ0) is 29.0.